The highest BCUT2D eigenvalue weighted by Gasteiger charge is 2.21. The van der Waals surface area contributed by atoms with Crippen LogP contribution in [0.15, 0.2) is 6.07 Å². The monoisotopic (exact) mass is 198 g/mol. The molecule has 0 unspecified atom stereocenters. The Labute approximate surface area is 81.4 Å². The van der Waals surface area contributed by atoms with Gasteiger partial charge in [-0.25, -0.2) is 4.39 Å². The molecule has 76 valence electrons. The number of fused-ring (bicyclic) bond motifs is 1. The molecule has 0 aromatic heterocycles. The van der Waals surface area contributed by atoms with Gasteiger partial charge < -0.3 is 14.2 Å². The Balaban J connectivity index is 2.60. The molecule has 0 bridgehead atoms. The lowest BCUT2D eigenvalue weighted by Gasteiger charge is -2.21. The van der Waals surface area contributed by atoms with Gasteiger partial charge in [-0.2, -0.15) is 0 Å². The van der Waals surface area contributed by atoms with Gasteiger partial charge in [0.1, 0.15) is 5.82 Å². The van der Waals surface area contributed by atoms with Crippen molar-refractivity contribution in [2.75, 3.05) is 13.9 Å². The van der Waals surface area contributed by atoms with Crippen LogP contribution in [-0.4, -0.2) is 13.9 Å². The summed E-state index contributed by atoms with van der Waals surface area (Å²) in [5.41, 5.74) is 0.975. The minimum Gasteiger partial charge on any atom is -0.493 e. The molecule has 1 heterocycles. The van der Waals surface area contributed by atoms with Crippen molar-refractivity contribution in [1.29, 1.82) is 0 Å². The van der Waals surface area contributed by atoms with Crippen molar-refractivity contribution >= 4 is 0 Å². The highest BCUT2D eigenvalue weighted by Crippen LogP contribution is 2.37. The van der Waals surface area contributed by atoms with Crippen LogP contribution in [0.25, 0.3) is 0 Å². The lowest BCUT2D eigenvalue weighted by molar-refractivity contribution is -0.0199. The molecule has 4 heteroatoms. The van der Waals surface area contributed by atoms with Gasteiger partial charge in [0.05, 0.1) is 19.3 Å². The largest absolute Gasteiger partial charge is 0.493 e. The number of hydrogen-bond donors (Lipinski definition) is 0. The van der Waals surface area contributed by atoms with Crippen LogP contribution in [0.2, 0.25) is 0 Å². The zero-order valence-corrected chi connectivity index (χ0v) is 8.09. The van der Waals surface area contributed by atoms with Gasteiger partial charge in [0.15, 0.2) is 18.3 Å². The third-order valence-electron chi connectivity index (χ3n) is 2.21. The lowest BCUT2D eigenvalue weighted by atomic mass is 10.1. The zero-order chi connectivity index (χ0) is 10.1. The maximum absolute atomic E-state index is 13.6. The summed E-state index contributed by atoms with van der Waals surface area (Å²) in [5.74, 6) is 0.740. The van der Waals surface area contributed by atoms with Crippen LogP contribution in [0.3, 0.4) is 0 Å². The van der Waals surface area contributed by atoms with E-state index in [-0.39, 0.29) is 19.2 Å². The van der Waals surface area contributed by atoms with Crippen molar-refractivity contribution in [3.63, 3.8) is 0 Å². The number of halogens is 1. The van der Waals surface area contributed by atoms with Crippen LogP contribution in [0.5, 0.6) is 11.5 Å². The predicted octanol–water partition coefficient (Wildman–Crippen LogP) is 2.01. The molecular formula is C10H11FO3. The topological polar surface area (TPSA) is 27.7 Å². The smallest absolute Gasteiger partial charge is 0.189 e. The standard InChI is InChI=1S/C10H11FO3/c1-6-3-8(12-2)10-7(9(6)11)4-13-5-14-10/h3H,4-5H2,1-2H3. The molecule has 3 nitrogen and oxygen atoms in total. The van der Waals surface area contributed by atoms with Gasteiger partial charge in [-0.15, -0.1) is 0 Å². The van der Waals surface area contributed by atoms with E-state index < -0.39 is 0 Å². The van der Waals surface area contributed by atoms with Crippen LogP contribution >= 0.6 is 0 Å². The van der Waals surface area contributed by atoms with Crippen molar-refractivity contribution in [3.8, 4) is 11.5 Å². The molecule has 14 heavy (non-hydrogen) atoms. The van der Waals surface area contributed by atoms with Gasteiger partial charge in [-0.1, -0.05) is 0 Å². The summed E-state index contributed by atoms with van der Waals surface area (Å²) in [6, 6.07) is 1.62. The normalized spacial score (nSPS) is 14.5. The van der Waals surface area contributed by atoms with Crippen LogP contribution in [0, 0.1) is 12.7 Å². The molecule has 0 atom stereocenters. The second-order valence-electron chi connectivity index (χ2n) is 3.13. The van der Waals surface area contributed by atoms with E-state index in [4.69, 9.17) is 14.2 Å². The first-order valence-corrected chi connectivity index (χ1v) is 4.30. The second-order valence-corrected chi connectivity index (χ2v) is 3.13. The van der Waals surface area contributed by atoms with E-state index in [1.807, 2.05) is 0 Å². The Kier molecular flexibility index (Phi) is 2.29. The second kappa shape index (κ2) is 3.46. The van der Waals surface area contributed by atoms with Gasteiger partial charge in [0.25, 0.3) is 0 Å². The van der Waals surface area contributed by atoms with E-state index >= 15 is 0 Å². The molecule has 0 saturated carbocycles. The Morgan fingerprint density at radius 3 is 3.00 bits per heavy atom. The fraction of sp³-hybridized carbons (Fsp3) is 0.400. The average Bonchev–Trinajstić information content (AvgIpc) is 2.23. The van der Waals surface area contributed by atoms with Crippen LogP contribution in [0.4, 0.5) is 4.39 Å². The fourth-order valence-electron chi connectivity index (χ4n) is 1.50. The highest BCUT2D eigenvalue weighted by molar-refractivity contribution is 5.50. The maximum atomic E-state index is 13.6. The lowest BCUT2D eigenvalue weighted by Crippen LogP contribution is -2.14. The van der Waals surface area contributed by atoms with Crippen molar-refractivity contribution < 1.29 is 18.6 Å². The summed E-state index contributed by atoms with van der Waals surface area (Å²) in [5, 5.41) is 0. The number of ether oxygens (including phenoxy) is 3. The summed E-state index contributed by atoms with van der Waals surface area (Å²) >= 11 is 0. The van der Waals surface area contributed by atoms with Crippen LogP contribution < -0.4 is 9.47 Å². The molecule has 1 aliphatic rings. The minimum atomic E-state index is -0.277. The maximum Gasteiger partial charge on any atom is 0.189 e. The van der Waals surface area contributed by atoms with E-state index in [2.05, 4.69) is 0 Å². The Bertz CT molecular complexity index is 363. The van der Waals surface area contributed by atoms with Gasteiger partial charge in [0.2, 0.25) is 0 Å². The number of methoxy groups -OCH3 is 1. The number of aryl methyl sites for hydroxylation is 1. The van der Waals surface area contributed by atoms with E-state index in [1.165, 1.54) is 7.11 Å². The molecule has 0 N–H and O–H groups in total. The molecule has 1 aromatic carbocycles. The molecular weight excluding hydrogens is 187 g/mol. The number of hydrogen-bond acceptors (Lipinski definition) is 3. The number of benzene rings is 1. The quantitative estimate of drug-likeness (QED) is 0.690. The summed E-state index contributed by atoms with van der Waals surface area (Å²) in [6.07, 6.45) is 0. The Morgan fingerprint density at radius 1 is 1.50 bits per heavy atom. The van der Waals surface area contributed by atoms with Crippen LogP contribution in [-0.2, 0) is 11.3 Å². The first-order chi connectivity index (χ1) is 6.74. The molecule has 0 spiro atoms. The van der Waals surface area contributed by atoms with Gasteiger partial charge in [-0.3, -0.25) is 0 Å². The van der Waals surface area contributed by atoms with Crippen molar-refractivity contribution in [2.45, 2.75) is 13.5 Å². The predicted molar refractivity (Wildman–Crippen MR) is 48.0 cm³/mol. The third kappa shape index (κ3) is 1.32. The summed E-state index contributed by atoms with van der Waals surface area (Å²) in [7, 11) is 1.53. The molecule has 1 aromatic rings. The van der Waals surface area contributed by atoms with E-state index in [0.29, 0.717) is 22.6 Å². The van der Waals surface area contributed by atoms with Crippen LogP contribution in [0.1, 0.15) is 11.1 Å². The van der Waals surface area contributed by atoms with Gasteiger partial charge >= 0.3 is 0 Å². The Hall–Kier alpha value is -1.29. The molecule has 2 rings (SSSR count). The number of rotatable bonds is 1. The molecule has 0 saturated heterocycles. The molecule has 1 aliphatic heterocycles. The van der Waals surface area contributed by atoms with Crippen molar-refractivity contribution in [2.24, 2.45) is 0 Å². The summed E-state index contributed by atoms with van der Waals surface area (Å²) in [4.78, 5) is 0. The van der Waals surface area contributed by atoms with Crippen molar-refractivity contribution in [1.82, 2.24) is 0 Å². The van der Waals surface area contributed by atoms with Gasteiger partial charge in [0, 0.05) is 0 Å². The van der Waals surface area contributed by atoms with Crippen molar-refractivity contribution in [3.05, 3.63) is 23.0 Å². The summed E-state index contributed by atoms with van der Waals surface area (Å²) in [6.45, 7) is 2.07. The van der Waals surface area contributed by atoms with Gasteiger partial charge in [-0.05, 0) is 18.6 Å². The highest BCUT2D eigenvalue weighted by atomic mass is 19.1. The zero-order valence-electron chi connectivity index (χ0n) is 8.09. The SMILES string of the molecule is COc1cc(C)c(F)c2c1OCOC2. The molecule has 0 amide bonds. The first kappa shape index (κ1) is 9.27. The minimum absolute atomic E-state index is 0.145. The fourth-order valence-corrected chi connectivity index (χ4v) is 1.50. The molecule has 0 aliphatic carbocycles. The average molecular weight is 198 g/mol. The first-order valence-electron chi connectivity index (χ1n) is 4.30. The van der Waals surface area contributed by atoms with E-state index in [0.717, 1.165) is 0 Å². The Morgan fingerprint density at radius 2 is 2.29 bits per heavy atom. The molecule has 0 radical (unpaired) electrons. The third-order valence-corrected chi connectivity index (χ3v) is 2.21. The summed E-state index contributed by atoms with van der Waals surface area (Å²) < 4.78 is 28.9. The molecule has 0 fully saturated rings. The van der Waals surface area contributed by atoms with E-state index in [1.54, 1.807) is 13.0 Å². The van der Waals surface area contributed by atoms with E-state index in [9.17, 15) is 4.39 Å².